The summed E-state index contributed by atoms with van der Waals surface area (Å²) in [6.45, 7) is 2.19. The third kappa shape index (κ3) is 3.31. The fourth-order valence-corrected chi connectivity index (χ4v) is 3.43. The number of nitrogens with one attached hydrogen (secondary N) is 1. The lowest BCUT2D eigenvalue weighted by molar-refractivity contribution is 0.0691. The van der Waals surface area contributed by atoms with Gasteiger partial charge >= 0.3 is 5.97 Å². The van der Waals surface area contributed by atoms with Gasteiger partial charge in [0.15, 0.2) is 11.3 Å². The largest absolute Gasteiger partial charge is 0.477 e. The number of imidazole rings is 1. The van der Waals surface area contributed by atoms with E-state index in [0.29, 0.717) is 23.5 Å². The smallest absolute Gasteiger partial charge is 0.354 e. The lowest BCUT2D eigenvalue weighted by Crippen LogP contribution is -2.42. The second-order valence-electron chi connectivity index (χ2n) is 6.38. The standard InChI is InChI=1S/C20H17ClN4O2/c1-13-22-16-9-10-17(19(26)27)23-18(16)25(13)12-20(21)11-5-8-15(24-20)14-6-3-2-4-7-14/h2-11,24H,12H2,1H3,(H,26,27). The number of nitrogens with zero attached hydrogens (tertiary/aromatic N) is 3. The number of fused-ring (bicyclic) bond motifs is 1. The highest BCUT2D eigenvalue weighted by molar-refractivity contribution is 6.25. The van der Waals surface area contributed by atoms with Gasteiger partial charge in [0.1, 0.15) is 16.3 Å². The van der Waals surface area contributed by atoms with E-state index < -0.39 is 11.0 Å². The van der Waals surface area contributed by atoms with Gasteiger partial charge in [0, 0.05) is 5.70 Å². The molecule has 1 unspecified atom stereocenters. The van der Waals surface area contributed by atoms with Crippen molar-refractivity contribution in [3.8, 4) is 0 Å². The zero-order chi connectivity index (χ0) is 19.0. The maximum atomic E-state index is 11.3. The van der Waals surface area contributed by atoms with Crippen LogP contribution >= 0.6 is 11.6 Å². The van der Waals surface area contributed by atoms with Crippen molar-refractivity contribution >= 4 is 34.4 Å². The number of pyridine rings is 1. The van der Waals surface area contributed by atoms with E-state index >= 15 is 0 Å². The molecule has 1 atom stereocenters. The lowest BCUT2D eigenvalue weighted by Gasteiger charge is -2.31. The summed E-state index contributed by atoms with van der Waals surface area (Å²) in [6.07, 6.45) is 5.75. The van der Waals surface area contributed by atoms with Crippen LogP contribution in [0.2, 0.25) is 0 Å². The van der Waals surface area contributed by atoms with Crippen LogP contribution in [0, 0.1) is 6.92 Å². The van der Waals surface area contributed by atoms with Gasteiger partial charge in [-0.25, -0.2) is 14.8 Å². The van der Waals surface area contributed by atoms with Crippen molar-refractivity contribution < 1.29 is 9.90 Å². The highest BCUT2D eigenvalue weighted by Crippen LogP contribution is 2.28. The Bertz CT molecular complexity index is 1090. The number of aryl methyl sites for hydroxylation is 1. The second-order valence-corrected chi connectivity index (χ2v) is 7.06. The van der Waals surface area contributed by atoms with E-state index in [1.165, 1.54) is 6.07 Å². The Morgan fingerprint density at radius 2 is 2.00 bits per heavy atom. The number of alkyl halides is 1. The van der Waals surface area contributed by atoms with Crippen LogP contribution in [0.25, 0.3) is 16.9 Å². The Hall–Kier alpha value is -3.12. The average Bonchev–Trinajstić information content (AvgIpc) is 2.96. The number of aromatic carboxylic acids is 1. The Balaban J connectivity index is 1.68. The second kappa shape index (κ2) is 6.55. The molecule has 0 spiro atoms. The van der Waals surface area contributed by atoms with Gasteiger partial charge in [-0.05, 0) is 36.8 Å². The zero-order valence-corrected chi connectivity index (χ0v) is 15.3. The first-order valence-corrected chi connectivity index (χ1v) is 8.82. The van der Waals surface area contributed by atoms with Gasteiger partial charge in [-0.3, -0.25) is 0 Å². The molecule has 3 aromatic rings. The third-order valence-corrected chi connectivity index (χ3v) is 4.78. The van der Waals surface area contributed by atoms with E-state index in [-0.39, 0.29) is 5.69 Å². The summed E-state index contributed by atoms with van der Waals surface area (Å²) in [6, 6.07) is 13.0. The van der Waals surface area contributed by atoms with Crippen LogP contribution in [-0.2, 0) is 6.54 Å². The van der Waals surface area contributed by atoms with E-state index in [1.54, 1.807) is 6.07 Å². The predicted octanol–water partition coefficient (Wildman–Crippen LogP) is 3.57. The summed E-state index contributed by atoms with van der Waals surface area (Å²) in [5.74, 6) is -0.362. The molecule has 0 bridgehead atoms. The summed E-state index contributed by atoms with van der Waals surface area (Å²) in [5, 5.41) is 12.6. The number of rotatable bonds is 4. The number of hydrogen-bond acceptors (Lipinski definition) is 4. The van der Waals surface area contributed by atoms with Gasteiger partial charge in [0.2, 0.25) is 0 Å². The van der Waals surface area contributed by atoms with Crippen molar-refractivity contribution in [1.29, 1.82) is 0 Å². The molecule has 0 radical (unpaired) electrons. The number of dihydropyridines is 1. The molecule has 27 heavy (non-hydrogen) atoms. The maximum Gasteiger partial charge on any atom is 0.354 e. The number of hydrogen-bond donors (Lipinski definition) is 2. The van der Waals surface area contributed by atoms with E-state index in [4.69, 9.17) is 11.6 Å². The summed E-state index contributed by atoms with van der Waals surface area (Å²) in [5.41, 5.74) is 3.05. The molecule has 1 aliphatic heterocycles. The number of halogens is 1. The monoisotopic (exact) mass is 380 g/mol. The van der Waals surface area contributed by atoms with Crippen LogP contribution in [0.4, 0.5) is 0 Å². The normalized spacial score (nSPS) is 19.0. The molecular weight excluding hydrogens is 364 g/mol. The predicted molar refractivity (Wildman–Crippen MR) is 105 cm³/mol. The molecule has 2 N–H and O–H groups in total. The van der Waals surface area contributed by atoms with Crippen LogP contribution in [-0.4, -0.2) is 30.6 Å². The van der Waals surface area contributed by atoms with Gasteiger partial charge in [0.05, 0.1) is 6.54 Å². The summed E-state index contributed by atoms with van der Waals surface area (Å²) >= 11 is 6.85. The minimum atomic E-state index is -1.08. The molecule has 7 heteroatoms. The molecule has 3 heterocycles. The molecule has 0 aliphatic carbocycles. The molecule has 1 aromatic carbocycles. The fourth-order valence-electron chi connectivity index (χ4n) is 3.14. The fraction of sp³-hybridized carbons (Fsp3) is 0.150. The molecule has 136 valence electrons. The van der Waals surface area contributed by atoms with Gasteiger partial charge in [-0.1, -0.05) is 48.0 Å². The van der Waals surface area contributed by atoms with E-state index in [1.807, 2.05) is 60.1 Å². The minimum Gasteiger partial charge on any atom is -0.477 e. The number of benzene rings is 1. The van der Waals surface area contributed by atoms with E-state index in [9.17, 15) is 9.90 Å². The molecule has 0 saturated heterocycles. The number of carboxylic acid groups (broad SMARTS) is 1. The molecule has 0 amide bonds. The van der Waals surface area contributed by atoms with Crippen molar-refractivity contribution in [2.24, 2.45) is 0 Å². The number of aromatic nitrogens is 3. The molecule has 1 aliphatic rings. The van der Waals surface area contributed by atoms with Crippen LogP contribution < -0.4 is 5.32 Å². The Kier molecular flexibility index (Phi) is 4.20. The van der Waals surface area contributed by atoms with Crippen LogP contribution in [0.1, 0.15) is 21.9 Å². The van der Waals surface area contributed by atoms with Crippen molar-refractivity contribution in [3.05, 3.63) is 77.8 Å². The minimum absolute atomic E-state index is 0.0238. The first kappa shape index (κ1) is 17.3. The summed E-state index contributed by atoms with van der Waals surface area (Å²) in [4.78, 5) is 19.1. The van der Waals surface area contributed by atoms with Gasteiger partial charge in [-0.15, -0.1) is 0 Å². The van der Waals surface area contributed by atoms with Crippen molar-refractivity contribution in [2.45, 2.75) is 18.5 Å². The quantitative estimate of drug-likeness (QED) is 0.534. The average molecular weight is 381 g/mol. The topological polar surface area (TPSA) is 80.0 Å². The van der Waals surface area contributed by atoms with Gasteiger partial charge in [-0.2, -0.15) is 0 Å². The van der Waals surface area contributed by atoms with E-state index in [2.05, 4.69) is 15.3 Å². The number of allylic oxidation sites excluding steroid dienone is 2. The van der Waals surface area contributed by atoms with Gasteiger partial charge in [0.25, 0.3) is 0 Å². The Morgan fingerprint density at radius 3 is 2.74 bits per heavy atom. The van der Waals surface area contributed by atoms with Crippen LogP contribution in [0.5, 0.6) is 0 Å². The van der Waals surface area contributed by atoms with Crippen molar-refractivity contribution in [3.63, 3.8) is 0 Å². The molecule has 0 fully saturated rings. The molecule has 6 nitrogen and oxygen atoms in total. The van der Waals surface area contributed by atoms with Gasteiger partial charge < -0.3 is 15.0 Å². The third-order valence-electron chi connectivity index (χ3n) is 4.44. The Morgan fingerprint density at radius 1 is 1.22 bits per heavy atom. The first-order valence-electron chi connectivity index (χ1n) is 8.44. The van der Waals surface area contributed by atoms with Crippen LogP contribution in [0.15, 0.2) is 60.7 Å². The zero-order valence-electron chi connectivity index (χ0n) is 14.6. The van der Waals surface area contributed by atoms with Crippen molar-refractivity contribution in [2.75, 3.05) is 0 Å². The van der Waals surface area contributed by atoms with Crippen molar-refractivity contribution in [1.82, 2.24) is 19.9 Å². The summed E-state index contributed by atoms with van der Waals surface area (Å²) < 4.78 is 1.83. The lowest BCUT2D eigenvalue weighted by atomic mass is 10.1. The molecule has 4 rings (SSSR count). The first-order chi connectivity index (χ1) is 13.0. The number of carbonyl (C=O) groups is 1. The SMILES string of the molecule is Cc1nc2ccc(C(=O)O)nc2n1CC1(Cl)C=CC=C(c2ccccc2)N1. The highest BCUT2D eigenvalue weighted by atomic mass is 35.5. The van der Waals surface area contributed by atoms with E-state index in [0.717, 1.165) is 11.3 Å². The van der Waals surface area contributed by atoms with Crippen LogP contribution in [0.3, 0.4) is 0 Å². The maximum absolute atomic E-state index is 11.3. The summed E-state index contributed by atoms with van der Waals surface area (Å²) in [7, 11) is 0. The molecule has 2 aromatic heterocycles. The Labute approximate surface area is 160 Å². The number of carboxylic acids is 1. The highest BCUT2D eigenvalue weighted by Gasteiger charge is 2.29. The molecular formula is C20H17ClN4O2. The molecule has 0 saturated carbocycles.